The van der Waals surface area contributed by atoms with E-state index in [1.54, 1.807) is 0 Å². The van der Waals surface area contributed by atoms with Crippen LogP contribution in [0.4, 0.5) is 0 Å². The van der Waals surface area contributed by atoms with E-state index in [-0.39, 0.29) is 17.4 Å². The van der Waals surface area contributed by atoms with Gasteiger partial charge in [-0.05, 0) is 50.2 Å². The van der Waals surface area contributed by atoms with Crippen molar-refractivity contribution in [2.45, 2.75) is 57.0 Å². The number of imidazole rings is 1. The molecule has 0 spiro atoms. The van der Waals surface area contributed by atoms with Crippen LogP contribution in [0.25, 0.3) is 11.1 Å². The fraction of sp³-hybridized carbons (Fsp3) is 0.222. The zero-order valence-electron chi connectivity index (χ0n) is 30.1. The van der Waals surface area contributed by atoms with Gasteiger partial charge in [0.05, 0.1) is 17.0 Å². The third-order valence-corrected chi connectivity index (χ3v) is 10.2. The Bertz CT molecular complexity index is 2180. The maximum Gasteiger partial charge on any atom is 0.238 e. The molecule has 0 bridgehead atoms. The molecule has 6 aromatic rings. The van der Waals surface area contributed by atoms with Gasteiger partial charge >= 0.3 is 0 Å². The van der Waals surface area contributed by atoms with Gasteiger partial charge in [-0.3, -0.25) is 4.79 Å². The van der Waals surface area contributed by atoms with Crippen LogP contribution in [0.15, 0.2) is 160 Å². The number of aryl methyl sites for hydroxylation is 1. The van der Waals surface area contributed by atoms with Crippen LogP contribution in [0.2, 0.25) is 0 Å². The third-order valence-electron chi connectivity index (χ3n) is 10.2. The minimum absolute atomic E-state index is 0.0180. The van der Waals surface area contributed by atoms with E-state index < -0.39 is 17.0 Å². The van der Waals surface area contributed by atoms with Crippen molar-refractivity contribution in [3.05, 3.63) is 185 Å². The second kappa shape index (κ2) is 15.1. The van der Waals surface area contributed by atoms with Crippen molar-refractivity contribution in [2.24, 2.45) is 26.6 Å². The van der Waals surface area contributed by atoms with Crippen molar-refractivity contribution in [3.63, 3.8) is 0 Å². The van der Waals surface area contributed by atoms with Gasteiger partial charge in [0.2, 0.25) is 5.66 Å². The number of rotatable bonds is 13. The van der Waals surface area contributed by atoms with Gasteiger partial charge in [-0.2, -0.15) is 5.26 Å². The number of nitrogens with zero attached hydrogens (tertiary/aromatic N) is 6. The molecule has 1 unspecified atom stereocenters. The Hall–Kier alpha value is -6.33. The van der Waals surface area contributed by atoms with Crippen molar-refractivity contribution in [3.8, 4) is 17.2 Å². The molecule has 0 aliphatic carbocycles. The highest BCUT2D eigenvalue weighted by atomic mass is 16.1. The number of hydrogen-bond donors (Lipinski definition) is 1. The van der Waals surface area contributed by atoms with E-state index in [0.29, 0.717) is 5.69 Å². The van der Waals surface area contributed by atoms with Crippen LogP contribution in [0.1, 0.15) is 84.6 Å². The Morgan fingerprint density at radius 1 is 0.755 bits per heavy atom. The van der Waals surface area contributed by atoms with E-state index >= 15 is 0 Å². The highest BCUT2D eigenvalue weighted by Gasteiger charge is 2.60. The molecule has 0 amide bonds. The first kappa shape index (κ1) is 35.1. The summed E-state index contributed by atoms with van der Waals surface area (Å²) >= 11 is 0. The first-order valence-corrected chi connectivity index (χ1v) is 18.2. The number of ketones is 1. The van der Waals surface area contributed by atoms with Gasteiger partial charge in [-0.1, -0.05) is 167 Å². The summed E-state index contributed by atoms with van der Waals surface area (Å²) < 4.78 is 0. The number of aromatic amines is 1. The molecule has 8 nitrogen and oxygen atoms in total. The smallest absolute Gasteiger partial charge is 0.238 e. The average Bonchev–Trinajstić information content (AvgIpc) is 3.88. The SMILES string of the molecule is CCCCc1nc(C#N)c(C(C(=O)C(C)C)c2ccc(-c3ccccc3C3(C(c4ccccc4)(c4ccccc4)c4ccccc4)N=NN=N3)cc2)[nH]1. The molecule has 1 N–H and O–H groups in total. The number of nitriles is 1. The summed E-state index contributed by atoms with van der Waals surface area (Å²) in [4.78, 5) is 21.8. The lowest BCUT2D eigenvalue weighted by Gasteiger charge is -2.45. The summed E-state index contributed by atoms with van der Waals surface area (Å²) in [7, 11) is 0. The fourth-order valence-corrected chi connectivity index (χ4v) is 7.71. The summed E-state index contributed by atoms with van der Waals surface area (Å²) in [6.45, 7) is 5.90. The van der Waals surface area contributed by atoms with Crippen LogP contribution in [0.5, 0.6) is 0 Å². The Labute approximate surface area is 310 Å². The molecule has 1 atom stereocenters. The van der Waals surface area contributed by atoms with Crippen molar-refractivity contribution in [2.75, 3.05) is 0 Å². The Kier molecular flexibility index (Phi) is 10.0. The number of carbonyl (C=O) groups excluding carboxylic acids is 1. The summed E-state index contributed by atoms with van der Waals surface area (Å²) in [5.41, 5.74) is 4.89. The zero-order chi connectivity index (χ0) is 36.8. The van der Waals surface area contributed by atoms with Gasteiger partial charge in [0.1, 0.15) is 17.7 Å². The van der Waals surface area contributed by atoms with E-state index in [1.165, 1.54) is 0 Å². The van der Waals surface area contributed by atoms with Crippen LogP contribution < -0.4 is 0 Å². The topological polar surface area (TPSA) is 119 Å². The number of nitrogens with one attached hydrogen (secondary N) is 1. The summed E-state index contributed by atoms with van der Waals surface area (Å²) in [6, 6.07) is 49.4. The molecule has 0 saturated heterocycles. The van der Waals surface area contributed by atoms with Crippen LogP contribution in [0, 0.1) is 17.2 Å². The number of hydrogen-bond acceptors (Lipinski definition) is 7. The fourth-order valence-electron chi connectivity index (χ4n) is 7.71. The number of Topliss-reactive ketones (excluding diaryl/α,β-unsaturated/α-hetero) is 1. The number of H-pyrrole nitrogens is 1. The molecule has 5 aromatic carbocycles. The Morgan fingerprint density at radius 3 is 1.79 bits per heavy atom. The van der Waals surface area contributed by atoms with Crippen LogP contribution >= 0.6 is 0 Å². The van der Waals surface area contributed by atoms with E-state index in [0.717, 1.165) is 64.0 Å². The van der Waals surface area contributed by atoms with Gasteiger partial charge in [0.25, 0.3) is 0 Å². The van der Waals surface area contributed by atoms with E-state index in [4.69, 9.17) is 10.2 Å². The summed E-state index contributed by atoms with van der Waals surface area (Å²) in [5, 5.41) is 28.6. The van der Waals surface area contributed by atoms with Gasteiger partial charge in [0.15, 0.2) is 5.69 Å². The first-order valence-electron chi connectivity index (χ1n) is 18.2. The van der Waals surface area contributed by atoms with E-state index in [9.17, 15) is 10.1 Å². The molecule has 7 rings (SSSR count). The molecule has 53 heavy (non-hydrogen) atoms. The largest absolute Gasteiger partial charge is 0.344 e. The van der Waals surface area contributed by atoms with Crippen molar-refractivity contribution in [1.82, 2.24) is 9.97 Å². The lowest BCUT2D eigenvalue weighted by Crippen LogP contribution is -2.48. The summed E-state index contributed by atoms with van der Waals surface area (Å²) in [5.74, 6) is -0.171. The van der Waals surface area contributed by atoms with Gasteiger partial charge < -0.3 is 4.98 Å². The number of aromatic nitrogens is 2. The van der Waals surface area contributed by atoms with E-state index in [1.807, 2.05) is 105 Å². The molecular weight excluding hydrogens is 655 g/mol. The second-order valence-electron chi connectivity index (χ2n) is 13.7. The van der Waals surface area contributed by atoms with E-state index in [2.05, 4.69) is 81.9 Å². The Balaban J connectivity index is 1.42. The summed E-state index contributed by atoms with van der Waals surface area (Å²) in [6.07, 6.45) is 2.66. The standard InChI is InChI=1S/C45H41N7O/c1-4-5-25-40-47-39(30-46)42(48-40)41(43(53)31(2)3)33-28-26-32(27-29-33)37-23-15-16-24-38(37)45(49-51-52-50-45)44(34-17-9-6-10-18-34,35-19-11-7-12-20-35)36-21-13-8-14-22-36/h6-24,26-29,31,41H,4-5,25H2,1-3H3,(H,47,48). The highest BCUT2D eigenvalue weighted by molar-refractivity contribution is 5.90. The molecular formula is C45H41N7O. The third kappa shape index (κ3) is 6.18. The zero-order valence-corrected chi connectivity index (χ0v) is 30.1. The van der Waals surface area contributed by atoms with Crippen molar-refractivity contribution < 1.29 is 4.79 Å². The van der Waals surface area contributed by atoms with Crippen molar-refractivity contribution >= 4 is 5.78 Å². The normalized spacial score (nSPS) is 13.9. The monoisotopic (exact) mass is 695 g/mol. The van der Waals surface area contributed by atoms with Gasteiger partial charge in [0, 0.05) is 17.9 Å². The maximum atomic E-state index is 13.9. The van der Waals surface area contributed by atoms with Crippen molar-refractivity contribution in [1.29, 1.82) is 5.26 Å². The molecule has 1 aliphatic rings. The minimum atomic E-state index is -1.34. The Morgan fingerprint density at radius 2 is 1.28 bits per heavy atom. The average molecular weight is 696 g/mol. The first-order chi connectivity index (χ1) is 25.9. The predicted octanol–water partition coefficient (Wildman–Crippen LogP) is 10.7. The molecule has 1 aliphatic heterocycles. The molecule has 2 heterocycles. The van der Waals surface area contributed by atoms with Crippen LogP contribution in [-0.4, -0.2) is 15.8 Å². The molecule has 0 fully saturated rings. The number of benzene rings is 5. The quantitative estimate of drug-likeness (QED) is 0.121. The van der Waals surface area contributed by atoms with Crippen LogP contribution in [0.3, 0.4) is 0 Å². The lowest BCUT2D eigenvalue weighted by molar-refractivity contribution is -0.122. The van der Waals surface area contributed by atoms with Crippen LogP contribution in [-0.2, 0) is 22.3 Å². The molecule has 0 radical (unpaired) electrons. The number of unbranched alkanes of at least 4 members (excludes halogenated alkanes) is 1. The maximum absolute atomic E-state index is 13.9. The number of carbonyl (C=O) groups is 1. The highest BCUT2D eigenvalue weighted by Crippen LogP contribution is 2.58. The molecule has 0 saturated carbocycles. The molecule has 8 heteroatoms. The minimum Gasteiger partial charge on any atom is -0.344 e. The van der Waals surface area contributed by atoms with Gasteiger partial charge in [-0.25, -0.2) is 4.98 Å². The molecule has 1 aromatic heterocycles. The lowest BCUT2D eigenvalue weighted by atomic mass is 9.59. The molecule has 262 valence electrons. The second-order valence-corrected chi connectivity index (χ2v) is 13.7. The van der Waals surface area contributed by atoms with Gasteiger partial charge in [-0.15, -0.1) is 10.2 Å². The predicted molar refractivity (Wildman–Crippen MR) is 206 cm³/mol.